The summed E-state index contributed by atoms with van der Waals surface area (Å²) in [6.45, 7) is 3.21. The van der Waals surface area contributed by atoms with Crippen LogP contribution in [0.15, 0.2) is 4.90 Å². The number of aryl methyl sites for hydroxylation is 1. The van der Waals surface area contributed by atoms with E-state index in [0.717, 1.165) is 5.75 Å². The van der Waals surface area contributed by atoms with Crippen molar-refractivity contribution in [3.05, 3.63) is 11.4 Å². The number of aromatic nitrogens is 2. The number of nitrogens with zero attached hydrogens (tertiary/aromatic N) is 1. The SMILES string of the molecule is CSCCC(C)NS(=O)(=O)c1c(C(=O)O)n[nH]c1C. The third-order valence-corrected chi connectivity index (χ3v) is 4.87. The molecule has 0 fully saturated rings. The summed E-state index contributed by atoms with van der Waals surface area (Å²) in [6.07, 6.45) is 2.60. The Kier molecular flexibility index (Phi) is 5.39. The molecule has 0 radical (unpaired) electrons. The van der Waals surface area contributed by atoms with Crippen LogP contribution in [0.1, 0.15) is 29.5 Å². The molecule has 108 valence electrons. The zero-order valence-electron chi connectivity index (χ0n) is 10.9. The second-order valence-corrected chi connectivity index (χ2v) is 6.77. The van der Waals surface area contributed by atoms with Crippen molar-refractivity contribution < 1.29 is 18.3 Å². The van der Waals surface area contributed by atoms with Gasteiger partial charge in [0.15, 0.2) is 5.69 Å². The van der Waals surface area contributed by atoms with E-state index in [-0.39, 0.29) is 16.6 Å². The molecule has 1 heterocycles. The third-order valence-electron chi connectivity index (χ3n) is 2.47. The second-order valence-electron chi connectivity index (χ2n) is 4.14. The van der Waals surface area contributed by atoms with E-state index in [0.29, 0.717) is 6.42 Å². The van der Waals surface area contributed by atoms with Gasteiger partial charge in [-0.25, -0.2) is 17.9 Å². The normalized spacial score (nSPS) is 13.4. The van der Waals surface area contributed by atoms with E-state index < -0.39 is 21.7 Å². The lowest BCUT2D eigenvalue weighted by atomic mass is 10.3. The molecule has 1 aromatic heterocycles. The van der Waals surface area contributed by atoms with Crippen LogP contribution in [0, 0.1) is 6.92 Å². The number of H-pyrrole nitrogens is 1. The minimum atomic E-state index is -3.89. The van der Waals surface area contributed by atoms with Crippen LogP contribution in [0.25, 0.3) is 0 Å². The molecular formula is C10H17N3O4S2. The van der Waals surface area contributed by atoms with Crippen molar-refractivity contribution in [3.8, 4) is 0 Å². The van der Waals surface area contributed by atoms with Crippen LogP contribution >= 0.6 is 11.8 Å². The lowest BCUT2D eigenvalue weighted by Gasteiger charge is -2.13. The van der Waals surface area contributed by atoms with Gasteiger partial charge in [0.2, 0.25) is 10.0 Å². The predicted molar refractivity (Wildman–Crippen MR) is 73.1 cm³/mol. The van der Waals surface area contributed by atoms with Gasteiger partial charge in [0.25, 0.3) is 0 Å². The average molecular weight is 307 g/mol. The Morgan fingerprint density at radius 3 is 2.74 bits per heavy atom. The predicted octanol–water partition coefficient (Wildman–Crippen LogP) is 0.836. The number of carboxylic acids is 1. The van der Waals surface area contributed by atoms with E-state index >= 15 is 0 Å². The van der Waals surface area contributed by atoms with Crippen molar-refractivity contribution in [2.75, 3.05) is 12.0 Å². The first-order valence-corrected chi connectivity index (χ1v) is 8.46. The molecule has 7 nitrogen and oxygen atoms in total. The van der Waals surface area contributed by atoms with Gasteiger partial charge in [-0.3, -0.25) is 5.10 Å². The van der Waals surface area contributed by atoms with Crippen molar-refractivity contribution >= 4 is 27.8 Å². The molecule has 0 bridgehead atoms. The number of sulfonamides is 1. The van der Waals surface area contributed by atoms with Crippen molar-refractivity contribution in [2.24, 2.45) is 0 Å². The van der Waals surface area contributed by atoms with Crippen LogP contribution in [0.4, 0.5) is 0 Å². The van der Waals surface area contributed by atoms with Crippen molar-refractivity contribution in [1.29, 1.82) is 0 Å². The van der Waals surface area contributed by atoms with Gasteiger partial charge in [-0.1, -0.05) is 0 Å². The highest BCUT2D eigenvalue weighted by atomic mass is 32.2. The molecule has 0 aliphatic heterocycles. The first kappa shape index (κ1) is 16.0. The van der Waals surface area contributed by atoms with E-state index in [4.69, 9.17) is 5.11 Å². The molecule has 0 aromatic carbocycles. The minimum absolute atomic E-state index is 0.210. The third kappa shape index (κ3) is 3.95. The van der Waals surface area contributed by atoms with E-state index in [9.17, 15) is 13.2 Å². The molecule has 1 rings (SSSR count). The van der Waals surface area contributed by atoms with E-state index in [1.807, 2.05) is 6.26 Å². The summed E-state index contributed by atoms with van der Waals surface area (Å²) in [5.74, 6) is -0.554. The molecule has 0 saturated carbocycles. The molecule has 0 amide bonds. The average Bonchev–Trinajstić information content (AvgIpc) is 2.68. The molecule has 0 aliphatic carbocycles. The summed E-state index contributed by atoms with van der Waals surface area (Å²) >= 11 is 1.62. The summed E-state index contributed by atoms with van der Waals surface area (Å²) in [6, 6.07) is -0.270. The largest absolute Gasteiger partial charge is 0.476 e. The summed E-state index contributed by atoms with van der Waals surface area (Å²) in [7, 11) is -3.89. The van der Waals surface area contributed by atoms with Gasteiger partial charge in [0.05, 0.1) is 5.69 Å². The standard InChI is InChI=1S/C10H17N3O4S2/c1-6(4-5-18-3)13-19(16,17)9-7(2)11-12-8(9)10(14)15/h6,13H,4-5H2,1-3H3,(H,11,12)(H,14,15). The lowest BCUT2D eigenvalue weighted by molar-refractivity contribution is 0.0686. The molecule has 0 saturated heterocycles. The number of carbonyl (C=O) groups is 1. The Morgan fingerprint density at radius 2 is 2.21 bits per heavy atom. The molecule has 1 aromatic rings. The maximum absolute atomic E-state index is 12.2. The van der Waals surface area contributed by atoms with Crippen LogP contribution in [0.5, 0.6) is 0 Å². The Labute approximate surface area is 116 Å². The van der Waals surface area contributed by atoms with Crippen LogP contribution < -0.4 is 4.72 Å². The van der Waals surface area contributed by atoms with Gasteiger partial charge in [0.1, 0.15) is 4.90 Å². The van der Waals surface area contributed by atoms with Gasteiger partial charge < -0.3 is 5.11 Å². The molecular weight excluding hydrogens is 290 g/mol. The van der Waals surface area contributed by atoms with Gasteiger partial charge in [0, 0.05) is 6.04 Å². The van der Waals surface area contributed by atoms with Crippen LogP contribution in [0.2, 0.25) is 0 Å². The van der Waals surface area contributed by atoms with Crippen LogP contribution in [0.3, 0.4) is 0 Å². The fraction of sp³-hybridized carbons (Fsp3) is 0.600. The Balaban J connectivity index is 3.01. The lowest BCUT2D eigenvalue weighted by Crippen LogP contribution is -2.34. The summed E-state index contributed by atoms with van der Waals surface area (Å²) in [4.78, 5) is 10.7. The molecule has 0 spiro atoms. The number of nitrogens with one attached hydrogen (secondary N) is 2. The fourth-order valence-electron chi connectivity index (χ4n) is 1.57. The van der Waals surface area contributed by atoms with E-state index in [1.54, 1.807) is 18.7 Å². The summed E-state index contributed by atoms with van der Waals surface area (Å²) in [5, 5.41) is 14.8. The first-order valence-electron chi connectivity index (χ1n) is 5.59. The number of rotatable bonds is 7. The van der Waals surface area contributed by atoms with Gasteiger partial charge in [-0.2, -0.15) is 16.9 Å². The molecule has 0 aliphatic rings. The highest BCUT2D eigenvalue weighted by Crippen LogP contribution is 2.18. The van der Waals surface area contributed by atoms with Crippen molar-refractivity contribution in [1.82, 2.24) is 14.9 Å². The molecule has 1 unspecified atom stereocenters. The Morgan fingerprint density at radius 1 is 1.58 bits per heavy atom. The van der Waals surface area contributed by atoms with E-state index in [2.05, 4.69) is 14.9 Å². The Hall–Kier alpha value is -1.06. The summed E-state index contributed by atoms with van der Waals surface area (Å²) in [5.41, 5.74) is -0.274. The van der Waals surface area contributed by atoms with Gasteiger partial charge in [-0.15, -0.1) is 0 Å². The Bertz CT molecular complexity index is 553. The van der Waals surface area contributed by atoms with Gasteiger partial charge in [-0.05, 0) is 32.3 Å². The molecule has 3 N–H and O–H groups in total. The maximum Gasteiger partial charge on any atom is 0.357 e. The maximum atomic E-state index is 12.2. The highest BCUT2D eigenvalue weighted by Gasteiger charge is 2.29. The number of thioether (sulfide) groups is 1. The molecule has 1 atom stereocenters. The number of carboxylic acid groups (broad SMARTS) is 1. The fourth-order valence-corrected chi connectivity index (χ4v) is 3.76. The minimum Gasteiger partial charge on any atom is -0.476 e. The number of hydrogen-bond donors (Lipinski definition) is 3. The quantitative estimate of drug-likeness (QED) is 0.688. The van der Waals surface area contributed by atoms with Gasteiger partial charge >= 0.3 is 5.97 Å². The smallest absolute Gasteiger partial charge is 0.357 e. The van der Waals surface area contributed by atoms with E-state index in [1.165, 1.54) is 6.92 Å². The monoisotopic (exact) mass is 307 g/mol. The van der Waals surface area contributed by atoms with Crippen molar-refractivity contribution in [2.45, 2.75) is 31.2 Å². The second kappa shape index (κ2) is 6.40. The number of hydrogen-bond acceptors (Lipinski definition) is 5. The molecule has 19 heavy (non-hydrogen) atoms. The topological polar surface area (TPSA) is 112 Å². The van der Waals surface area contributed by atoms with Crippen LogP contribution in [-0.4, -0.2) is 47.7 Å². The van der Waals surface area contributed by atoms with Crippen molar-refractivity contribution in [3.63, 3.8) is 0 Å². The molecule has 9 heteroatoms. The zero-order valence-corrected chi connectivity index (χ0v) is 12.6. The van der Waals surface area contributed by atoms with Crippen LogP contribution in [-0.2, 0) is 10.0 Å². The number of aromatic carboxylic acids is 1. The summed E-state index contributed by atoms with van der Waals surface area (Å²) < 4.78 is 26.8. The highest BCUT2D eigenvalue weighted by molar-refractivity contribution is 7.98. The first-order chi connectivity index (χ1) is 8.79. The zero-order chi connectivity index (χ0) is 14.6. The number of aromatic amines is 1.